The van der Waals surface area contributed by atoms with Gasteiger partial charge in [-0.15, -0.1) is 0 Å². The first-order chi connectivity index (χ1) is 18.7. The molecule has 39 heavy (non-hydrogen) atoms. The first-order valence-electron chi connectivity index (χ1n) is 12.9. The normalized spacial score (nSPS) is 17.8. The van der Waals surface area contributed by atoms with Crippen LogP contribution < -0.4 is 15.4 Å². The van der Waals surface area contributed by atoms with Crippen LogP contribution >= 0.6 is 0 Å². The second kappa shape index (κ2) is 10.6. The first kappa shape index (κ1) is 26.5. The summed E-state index contributed by atoms with van der Waals surface area (Å²) in [6.45, 7) is 2.73. The molecule has 12 heteroatoms. The highest BCUT2D eigenvalue weighted by molar-refractivity contribution is 5.94. The molecule has 2 N–H and O–H groups in total. The van der Waals surface area contributed by atoms with Crippen LogP contribution in [0.1, 0.15) is 54.6 Å². The second-order valence-electron chi connectivity index (χ2n) is 9.65. The van der Waals surface area contributed by atoms with Gasteiger partial charge in [-0.25, -0.2) is 4.98 Å². The predicted octanol–water partition coefficient (Wildman–Crippen LogP) is 5.20. The number of hydrogen-bond donors (Lipinski definition) is 2. The Labute approximate surface area is 223 Å². The number of ether oxygens (including phenoxy) is 1. The molecule has 1 saturated carbocycles. The Morgan fingerprint density at radius 3 is 2.56 bits per heavy atom. The van der Waals surface area contributed by atoms with E-state index in [1.54, 1.807) is 10.9 Å². The van der Waals surface area contributed by atoms with Crippen molar-refractivity contribution >= 4 is 22.6 Å². The van der Waals surface area contributed by atoms with E-state index in [2.05, 4.69) is 20.7 Å². The summed E-state index contributed by atoms with van der Waals surface area (Å²) < 4.78 is 50.9. The van der Waals surface area contributed by atoms with E-state index < -0.39 is 17.6 Å². The van der Waals surface area contributed by atoms with Crippen LogP contribution in [0.2, 0.25) is 0 Å². The molecule has 0 atom stereocenters. The molecule has 4 aromatic rings. The molecule has 1 aliphatic carbocycles. The van der Waals surface area contributed by atoms with Gasteiger partial charge in [0.1, 0.15) is 17.3 Å². The lowest BCUT2D eigenvalue weighted by Crippen LogP contribution is -2.27. The molecule has 1 aromatic carbocycles. The Bertz CT molecular complexity index is 1490. The van der Waals surface area contributed by atoms with E-state index in [0.29, 0.717) is 25.7 Å². The number of nitrogens with zero attached hydrogens (tertiary/aromatic N) is 5. The van der Waals surface area contributed by atoms with Crippen molar-refractivity contribution in [1.82, 2.24) is 29.9 Å². The minimum Gasteiger partial charge on any atom is -0.490 e. The van der Waals surface area contributed by atoms with Gasteiger partial charge < -0.3 is 15.4 Å². The fourth-order valence-electron chi connectivity index (χ4n) is 5.07. The summed E-state index contributed by atoms with van der Waals surface area (Å²) in [5.41, 5.74) is 1.60. The van der Waals surface area contributed by atoms with Crippen molar-refractivity contribution in [2.45, 2.75) is 50.9 Å². The van der Waals surface area contributed by atoms with Crippen molar-refractivity contribution in [3.63, 3.8) is 0 Å². The van der Waals surface area contributed by atoms with E-state index in [0.717, 1.165) is 40.6 Å². The zero-order chi connectivity index (χ0) is 27.7. The molecule has 1 fully saturated rings. The van der Waals surface area contributed by atoms with Crippen molar-refractivity contribution in [1.29, 1.82) is 0 Å². The highest BCUT2D eigenvalue weighted by atomic mass is 19.4. The molecular weight excluding hydrogens is 511 g/mol. The predicted molar refractivity (Wildman–Crippen MR) is 141 cm³/mol. The molecule has 9 nitrogen and oxygen atoms in total. The lowest BCUT2D eigenvalue weighted by molar-refractivity contribution is -0.139. The van der Waals surface area contributed by atoms with Gasteiger partial charge in [0.2, 0.25) is 0 Å². The molecule has 0 aliphatic heterocycles. The molecule has 0 bridgehead atoms. The number of rotatable bonds is 7. The quantitative estimate of drug-likeness (QED) is 0.334. The Hall–Kier alpha value is -4.09. The number of amides is 1. The van der Waals surface area contributed by atoms with Crippen molar-refractivity contribution in [3.05, 3.63) is 54.0 Å². The van der Waals surface area contributed by atoms with Crippen LogP contribution in [0.25, 0.3) is 22.2 Å². The molecule has 1 amide bonds. The number of aryl methyl sites for hydroxylation is 1. The zero-order valence-electron chi connectivity index (χ0n) is 21.9. The van der Waals surface area contributed by atoms with E-state index >= 15 is 0 Å². The van der Waals surface area contributed by atoms with E-state index in [-0.39, 0.29) is 23.5 Å². The van der Waals surface area contributed by atoms with Crippen LogP contribution in [0.4, 0.5) is 19.0 Å². The molecule has 3 aromatic heterocycles. The van der Waals surface area contributed by atoms with Crippen LogP contribution in [-0.2, 0) is 13.2 Å². The summed E-state index contributed by atoms with van der Waals surface area (Å²) in [5, 5.41) is 15.7. The average molecular weight is 542 g/mol. The Morgan fingerprint density at radius 1 is 1.15 bits per heavy atom. The van der Waals surface area contributed by atoms with Crippen molar-refractivity contribution < 1.29 is 22.7 Å². The van der Waals surface area contributed by atoms with Crippen LogP contribution in [0.5, 0.6) is 5.75 Å². The minimum absolute atomic E-state index is 0.0485. The maximum Gasteiger partial charge on any atom is 0.419 e. The smallest absolute Gasteiger partial charge is 0.419 e. The summed E-state index contributed by atoms with van der Waals surface area (Å²) in [4.78, 5) is 16.4. The van der Waals surface area contributed by atoms with E-state index in [1.807, 2.05) is 37.1 Å². The second-order valence-corrected chi connectivity index (χ2v) is 9.65. The molecular formula is C27H30F3N7O2. The molecule has 0 saturated heterocycles. The number of anilines is 1. The van der Waals surface area contributed by atoms with Crippen molar-refractivity contribution in [2.24, 2.45) is 7.05 Å². The number of aromatic nitrogens is 5. The fraction of sp³-hybridized carbons (Fsp3) is 0.407. The number of fused-ring (bicyclic) bond motifs is 1. The van der Waals surface area contributed by atoms with Gasteiger partial charge in [0.25, 0.3) is 5.91 Å². The highest BCUT2D eigenvalue weighted by Gasteiger charge is 2.36. The monoisotopic (exact) mass is 541 g/mol. The lowest BCUT2D eigenvalue weighted by Gasteiger charge is -2.30. The average Bonchev–Trinajstić information content (AvgIpc) is 3.51. The number of nitrogens with one attached hydrogen (secondary N) is 2. The molecule has 1 aliphatic rings. The number of alkyl halides is 3. The number of hydrogen-bond acceptors (Lipinski definition) is 6. The molecule has 0 spiro atoms. The minimum atomic E-state index is -4.65. The number of carbonyl (C=O) groups excluding carboxylic acids is 1. The van der Waals surface area contributed by atoms with E-state index in [4.69, 9.17) is 9.84 Å². The van der Waals surface area contributed by atoms with Gasteiger partial charge in [-0.3, -0.25) is 14.2 Å². The summed E-state index contributed by atoms with van der Waals surface area (Å²) in [6.07, 6.45) is 2.95. The van der Waals surface area contributed by atoms with Gasteiger partial charge in [0, 0.05) is 55.6 Å². The van der Waals surface area contributed by atoms with Gasteiger partial charge >= 0.3 is 6.18 Å². The topological polar surface area (TPSA) is 98.9 Å². The van der Waals surface area contributed by atoms with Crippen LogP contribution in [0, 0.1) is 0 Å². The largest absolute Gasteiger partial charge is 0.490 e. The van der Waals surface area contributed by atoms with E-state index in [9.17, 15) is 18.0 Å². The van der Waals surface area contributed by atoms with Gasteiger partial charge in [-0.1, -0.05) is 0 Å². The first-order valence-corrected chi connectivity index (χ1v) is 12.9. The third kappa shape index (κ3) is 5.41. The third-order valence-electron chi connectivity index (χ3n) is 6.99. The summed E-state index contributed by atoms with van der Waals surface area (Å²) in [5.74, 6) is -0.0960. The van der Waals surface area contributed by atoms with Crippen LogP contribution in [-0.4, -0.2) is 50.1 Å². The van der Waals surface area contributed by atoms with Gasteiger partial charge in [0.15, 0.2) is 0 Å². The Balaban J connectivity index is 1.38. The van der Waals surface area contributed by atoms with Crippen molar-refractivity contribution in [3.8, 4) is 17.0 Å². The van der Waals surface area contributed by atoms with Crippen molar-refractivity contribution in [2.75, 3.05) is 18.9 Å². The lowest BCUT2D eigenvalue weighted by atomic mass is 9.92. The molecule has 5 rings (SSSR count). The summed E-state index contributed by atoms with van der Waals surface area (Å²) in [7, 11) is 3.22. The summed E-state index contributed by atoms with van der Waals surface area (Å²) in [6, 6.07) is 5.45. The maximum atomic E-state index is 13.8. The van der Waals surface area contributed by atoms with Crippen LogP contribution in [0.3, 0.4) is 0 Å². The van der Waals surface area contributed by atoms with E-state index in [1.165, 1.54) is 19.2 Å². The molecule has 206 valence electrons. The SMILES string of the molecule is CCNc1cc2c(cn1)c(-c1cnn(C)c1)nn2[C@H]1CC[C@@H](Oc2ccc(C(=O)NC)cc2C(F)(F)F)CC1. The number of halogens is 3. The third-order valence-corrected chi connectivity index (χ3v) is 6.99. The Kier molecular flexibility index (Phi) is 7.19. The van der Waals surface area contributed by atoms with Gasteiger partial charge in [-0.2, -0.15) is 23.4 Å². The van der Waals surface area contributed by atoms with Gasteiger partial charge in [0.05, 0.1) is 29.4 Å². The highest BCUT2D eigenvalue weighted by Crippen LogP contribution is 2.40. The molecule has 0 radical (unpaired) electrons. The fourth-order valence-corrected chi connectivity index (χ4v) is 5.07. The Morgan fingerprint density at radius 2 is 1.92 bits per heavy atom. The molecule has 0 unspecified atom stereocenters. The van der Waals surface area contributed by atoms with Gasteiger partial charge in [-0.05, 0) is 50.8 Å². The summed E-state index contributed by atoms with van der Waals surface area (Å²) >= 11 is 0. The maximum absolute atomic E-state index is 13.8. The number of benzene rings is 1. The zero-order valence-corrected chi connectivity index (χ0v) is 21.9. The standard InChI is InChI=1S/C27H30F3N7O2/c1-4-32-24-12-22-20(14-33-24)25(17-13-34-36(3)15-17)35-37(22)18-6-8-19(9-7-18)39-23-10-5-16(26(38)31-2)11-21(23)27(28,29)30/h5,10-15,18-19H,4,6-9H2,1-3H3,(H,31,38)(H,32,33)/t18-,19+. The number of carbonyl (C=O) groups is 1. The van der Waals surface area contributed by atoms with Crippen LogP contribution in [0.15, 0.2) is 42.9 Å². The molecule has 3 heterocycles. The number of pyridine rings is 1.